The average Bonchev–Trinajstić information content (AvgIpc) is 2.94. The summed E-state index contributed by atoms with van der Waals surface area (Å²) in [6.45, 7) is 1.74. The van der Waals surface area contributed by atoms with Crippen LogP contribution in [0, 0.1) is 5.92 Å². The van der Waals surface area contributed by atoms with E-state index in [9.17, 15) is 0 Å². The molecule has 6 heteroatoms. The first-order valence-electron chi connectivity index (χ1n) is 9.83. The fourth-order valence-corrected chi connectivity index (χ4v) is 5.16. The van der Waals surface area contributed by atoms with Crippen molar-refractivity contribution in [2.75, 3.05) is 13.1 Å². The summed E-state index contributed by atoms with van der Waals surface area (Å²) in [5, 5.41) is 1.26. The van der Waals surface area contributed by atoms with Crippen LogP contribution in [0.2, 0.25) is 10.0 Å². The number of hydrogen-bond donors (Lipinski definition) is 1. The molecule has 2 heterocycles. The number of rotatable bonds is 3. The van der Waals surface area contributed by atoms with Crippen LogP contribution in [0.4, 0.5) is 0 Å². The van der Waals surface area contributed by atoms with Crippen LogP contribution in [0.25, 0.3) is 11.1 Å². The Morgan fingerprint density at radius 3 is 2.50 bits per heavy atom. The molecule has 2 N–H and O–H groups in total. The molecule has 3 aliphatic rings. The molecule has 0 spiro atoms. The van der Waals surface area contributed by atoms with Crippen LogP contribution in [-0.4, -0.2) is 29.8 Å². The van der Waals surface area contributed by atoms with Crippen molar-refractivity contribution in [3.8, 4) is 11.1 Å². The van der Waals surface area contributed by atoms with E-state index < -0.39 is 5.54 Å². The lowest BCUT2D eigenvalue weighted by Crippen LogP contribution is -2.50. The van der Waals surface area contributed by atoms with Gasteiger partial charge in [0.2, 0.25) is 0 Å². The molecular formula is C22H22Cl2N4. The first-order valence-corrected chi connectivity index (χ1v) is 10.6. The lowest BCUT2D eigenvalue weighted by atomic mass is 9.67. The molecule has 144 valence electrons. The minimum atomic E-state index is -0.471. The van der Waals surface area contributed by atoms with Gasteiger partial charge in [0, 0.05) is 23.1 Å². The first kappa shape index (κ1) is 18.0. The second-order valence-electron chi connectivity index (χ2n) is 7.81. The fraction of sp³-hybridized carbons (Fsp3) is 0.364. The summed E-state index contributed by atoms with van der Waals surface area (Å²) in [5.74, 6) is 2.06. The van der Waals surface area contributed by atoms with Crippen LogP contribution < -0.4 is 5.73 Å². The van der Waals surface area contributed by atoms with Gasteiger partial charge >= 0.3 is 0 Å². The molecule has 4 nitrogen and oxygen atoms in total. The van der Waals surface area contributed by atoms with Crippen LogP contribution in [0.5, 0.6) is 0 Å². The summed E-state index contributed by atoms with van der Waals surface area (Å²) >= 11 is 12.5. The Morgan fingerprint density at radius 2 is 1.79 bits per heavy atom. The predicted octanol–water partition coefficient (Wildman–Crippen LogP) is 5.09. The number of guanidine groups is 1. The van der Waals surface area contributed by atoms with Gasteiger partial charge in [-0.05, 0) is 66.1 Å². The molecular weight excluding hydrogens is 391 g/mol. The second kappa shape index (κ2) is 6.78. The van der Waals surface area contributed by atoms with E-state index in [1.165, 1.54) is 6.42 Å². The number of benzene rings is 2. The minimum Gasteiger partial charge on any atom is -0.369 e. The number of fused-ring (bicyclic) bond motifs is 1. The molecule has 28 heavy (non-hydrogen) atoms. The van der Waals surface area contributed by atoms with E-state index >= 15 is 0 Å². The average molecular weight is 413 g/mol. The second-order valence-corrected chi connectivity index (χ2v) is 8.69. The molecule has 0 radical (unpaired) electrons. The predicted molar refractivity (Wildman–Crippen MR) is 116 cm³/mol. The zero-order valence-corrected chi connectivity index (χ0v) is 17.0. The maximum Gasteiger partial charge on any atom is 0.198 e. The largest absolute Gasteiger partial charge is 0.369 e. The van der Waals surface area contributed by atoms with Crippen LogP contribution in [0.1, 0.15) is 31.2 Å². The standard InChI is InChI=1S/C22H22Cl2N4/c23-18-11-15(12-19(24)13-18)14-4-1-7-17(10-14)22(16-5-2-6-16)20-26-8-3-9-28(20)21(25)27-22/h1,4,7,10-13,16H,2-3,5-6,8-9H2,(H2,25,27). The molecule has 1 fully saturated rings. The molecule has 1 saturated carbocycles. The highest BCUT2D eigenvalue weighted by atomic mass is 35.5. The third kappa shape index (κ3) is 2.73. The van der Waals surface area contributed by atoms with Gasteiger partial charge < -0.3 is 5.73 Å². The normalized spacial score (nSPS) is 24.4. The number of aliphatic imine (C=N–C) groups is 2. The van der Waals surface area contributed by atoms with Gasteiger partial charge in [-0.2, -0.15) is 0 Å². The number of hydrogen-bond acceptors (Lipinski definition) is 4. The SMILES string of the molecule is NC1=NC(c2cccc(-c3cc(Cl)cc(Cl)c3)c2)(C2CCC2)C2=NCCCN12. The molecule has 1 unspecified atom stereocenters. The molecule has 0 amide bonds. The van der Waals surface area contributed by atoms with Gasteiger partial charge in [0.1, 0.15) is 11.4 Å². The number of halogens is 2. The van der Waals surface area contributed by atoms with Gasteiger partial charge in [-0.1, -0.05) is 47.8 Å². The zero-order chi connectivity index (χ0) is 19.3. The Morgan fingerprint density at radius 1 is 1.00 bits per heavy atom. The van der Waals surface area contributed by atoms with E-state index in [-0.39, 0.29) is 0 Å². The van der Waals surface area contributed by atoms with E-state index in [4.69, 9.17) is 38.9 Å². The summed E-state index contributed by atoms with van der Waals surface area (Å²) < 4.78 is 0. The highest BCUT2D eigenvalue weighted by Gasteiger charge is 2.54. The molecule has 2 aliphatic heterocycles. The fourth-order valence-electron chi connectivity index (χ4n) is 4.63. The Kier molecular flexibility index (Phi) is 4.37. The van der Waals surface area contributed by atoms with Crippen molar-refractivity contribution in [3.05, 3.63) is 58.1 Å². The van der Waals surface area contributed by atoms with Gasteiger partial charge in [-0.3, -0.25) is 9.89 Å². The van der Waals surface area contributed by atoms with Crippen molar-refractivity contribution in [2.45, 2.75) is 31.2 Å². The van der Waals surface area contributed by atoms with Gasteiger partial charge in [-0.15, -0.1) is 0 Å². The topological polar surface area (TPSA) is 54.0 Å². The molecule has 5 rings (SSSR count). The van der Waals surface area contributed by atoms with Crippen LogP contribution >= 0.6 is 23.2 Å². The van der Waals surface area contributed by atoms with Crippen molar-refractivity contribution in [2.24, 2.45) is 21.6 Å². The van der Waals surface area contributed by atoms with Crippen molar-refractivity contribution < 1.29 is 0 Å². The summed E-state index contributed by atoms with van der Waals surface area (Å²) in [6, 6.07) is 14.2. The Labute approximate surface area is 175 Å². The molecule has 0 aromatic heterocycles. The van der Waals surface area contributed by atoms with Crippen molar-refractivity contribution in [1.29, 1.82) is 0 Å². The zero-order valence-electron chi connectivity index (χ0n) is 15.5. The van der Waals surface area contributed by atoms with E-state index in [1.54, 1.807) is 6.07 Å². The van der Waals surface area contributed by atoms with Gasteiger partial charge in [0.15, 0.2) is 5.96 Å². The minimum absolute atomic E-state index is 0.436. The molecule has 0 bridgehead atoms. The highest BCUT2D eigenvalue weighted by Crippen LogP contribution is 2.50. The Balaban J connectivity index is 1.66. The third-order valence-electron chi connectivity index (χ3n) is 6.16. The maximum atomic E-state index is 6.37. The molecule has 0 saturated heterocycles. The van der Waals surface area contributed by atoms with Crippen molar-refractivity contribution >= 4 is 35.0 Å². The first-order chi connectivity index (χ1) is 13.6. The summed E-state index contributed by atoms with van der Waals surface area (Å²) in [5.41, 5.74) is 9.12. The van der Waals surface area contributed by atoms with Gasteiger partial charge in [0.05, 0.1) is 0 Å². The lowest BCUT2D eigenvalue weighted by Gasteiger charge is -2.42. The number of amidine groups is 1. The summed E-state index contributed by atoms with van der Waals surface area (Å²) in [6.07, 6.45) is 4.55. The van der Waals surface area contributed by atoms with E-state index in [0.29, 0.717) is 21.9 Å². The van der Waals surface area contributed by atoms with Crippen molar-refractivity contribution in [3.63, 3.8) is 0 Å². The number of nitrogens with zero attached hydrogens (tertiary/aromatic N) is 3. The lowest BCUT2D eigenvalue weighted by molar-refractivity contribution is 0.221. The molecule has 2 aromatic carbocycles. The molecule has 1 aliphatic carbocycles. The van der Waals surface area contributed by atoms with E-state index in [0.717, 1.165) is 54.9 Å². The smallest absolute Gasteiger partial charge is 0.198 e. The Hall–Kier alpha value is -2.04. The molecule has 2 aromatic rings. The monoisotopic (exact) mass is 412 g/mol. The molecule has 1 atom stereocenters. The number of nitrogens with two attached hydrogens (primary N) is 1. The Bertz CT molecular complexity index is 976. The van der Waals surface area contributed by atoms with Gasteiger partial charge in [-0.25, -0.2) is 4.99 Å². The van der Waals surface area contributed by atoms with Crippen LogP contribution in [0.3, 0.4) is 0 Å². The van der Waals surface area contributed by atoms with E-state index in [1.807, 2.05) is 12.1 Å². The summed E-state index contributed by atoms with van der Waals surface area (Å²) in [4.78, 5) is 12.1. The quantitative estimate of drug-likeness (QED) is 0.762. The van der Waals surface area contributed by atoms with Crippen LogP contribution in [-0.2, 0) is 5.54 Å². The van der Waals surface area contributed by atoms with Crippen LogP contribution in [0.15, 0.2) is 52.4 Å². The summed E-state index contributed by atoms with van der Waals surface area (Å²) in [7, 11) is 0. The van der Waals surface area contributed by atoms with Gasteiger partial charge in [0.25, 0.3) is 0 Å². The van der Waals surface area contributed by atoms with E-state index in [2.05, 4.69) is 29.2 Å². The third-order valence-corrected chi connectivity index (χ3v) is 6.60. The highest BCUT2D eigenvalue weighted by molar-refractivity contribution is 6.35. The maximum absolute atomic E-state index is 6.37. The van der Waals surface area contributed by atoms with Crippen molar-refractivity contribution in [1.82, 2.24) is 4.90 Å².